The van der Waals surface area contributed by atoms with E-state index in [1.807, 2.05) is 0 Å². The van der Waals surface area contributed by atoms with Gasteiger partial charge in [0.05, 0.1) is 19.8 Å². The average molecular weight is 251 g/mol. The lowest BCUT2D eigenvalue weighted by Gasteiger charge is -2.10. The third-order valence-corrected chi connectivity index (χ3v) is 2.68. The number of amides is 1. The van der Waals surface area contributed by atoms with Gasteiger partial charge in [0.2, 0.25) is 6.41 Å². The molecular weight excluding hydrogens is 234 g/mol. The summed E-state index contributed by atoms with van der Waals surface area (Å²) in [6.07, 6.45) is 0.397. The van der Waals surface area contributed by atoms with Crippen LogP contribution in [0.25, 0.3) is 0 Å². The third-order valence-electron chi connectivity index (χ3n) is 1.66. The van der Waals surface area contributed by atoms with Gasteiger partial charge in [0.1, 0.15) is 6.04 Å². The number of nitrogens with one attached hydrogen (secondary N) is 1. The van der Waals surface area contributed by atoms with E-state index in [-0.39, 0.29) is 0 Å². The lowest BCUT2D eigenvalue weighted by molar-refractivity contribution is -0.139. The summed E-state index contributed by atoms with van der Waals surface area (Å²) in [5.74, 6) is -0.00432. The van der Waals surface area contributed by atoms with Crippen LogP contribution in [0.5, 0.6) is 0 Å². The topological polar surface area (TPSA) is 84.9 Å². The van der Waals surface area contributed by atoms with Crippen molar-refractivity contribution in [2.45, 2.75) is 6.04 Å². The highest BCUT2D eigenvalue weighted by Crippen LogP contribution is 2.02. The number of hydrogen-bond acceptors (Lipinski definition) is 5. The average Bonchev–Trinajstić information content (AvgIpc) is 2.26. The third kappa shape index (κ3) is 8.51. The molecule has 0 aromatic rings. The maximum absolute atomic E-state index is 10.6. The fourth-order valence-corrected chi connectivity index (χ4v) is 1.71. The first kappa shape index (κ1) is 15.2. The predicted molar refractivity (Wildman–Crippen MR) is 60.6 cm³/mol. The second-order valence-corrected chi connectivity index (χ2v) is 4.01. The van der Waals surface area contributed by atoms with E-state index in [1.165, 1.54) is 11.8 Å². The minimum atomic E-state index is -1.03. The van der Waals surface area contributed by atoms with Crippen LogP contribution in [-0.4, -0.2) is 62.0 Å². The van der Waals surface area contributed by atoms with Gasteiger partial charge >= 0.3 is 5.97 Å². The number of ether oxygens (including phenoxy) is 2. The van der Waals surface area contributed by atoms with Crippen molar-refractivity contribution in [3.8, 4) is 0 Å². The Kier molecular flexibility index (Phi) is 10.2. The van der Waals surface area contributed by atoms with Crippen molar-refractivity contribution in [1.29, 1.82) is 0 Å². The molecule has 0 aromatic carbocycles. The zero-order chi connectivity index (χ0) is 12.2. The number of hydrogen-bond donors (Lipinski definition) is 2. The number of aliphatic carboxylic acids is 1. The molecule has 0 rings (SSSR count). The van der Waals surface area contributed by atoms with Crippen LogP contribution in [0, 0.1) is 0 Å². The Bertz CT molecular complexity index is 202. The Morgan fingerprint density at radius 3 is 2.81 bits per heavy atom. The molecule has 7 heteroatoms. The second-order valence-electron chi connectivity index (χ2n) is 2.86. The molecule has 0 radical (unpaired) electrons. The Labute approximate surface area is 98.7 Å². The molecule has 0 saturated heterocycles. The first-order chi connectivity index (χ1) is 7.72. The SMILES string of the molecule is COCCOCCSCC(NC=O)C(=O)O. The molecule has 0 aliphatic rings. The van der Waals surface area contributed by atoms with E-state index >= 15 is 0 Å². The Morgan fingerprint density at radius 2 is 2.25 bits per heavy atom. The molecule has 0 aliphatic heterocycles. The van der Waals surface area contributed by atoms with Gasteiger partial charge in [-0.2, -0.15) is 11.8 Å². The number of methoxy groups -OCH3 is 1. The van der Waals surface area contributed by atoms with Crippen LogP contribution < -0.4 is 5.32 Å². The van der Waals surface area contributed by atoms with Gasteiger partial charge in [-0.15, -0.1) is 0 Å². The van der Waals surface area contributed by atoms with Gasteiger partial charge in [-0.1, -0.05) is 0 Å². The van der Waals surface area contributed by atoms with Gasteiger partial charge in [0.15, 0.2) is 0 Å². The molecule has 0 saturated carbocycles. The van der Waals surface area contributed by atoms with Crippen molar-refractivity contribution in [3.63, 3.8) is 0 Å². The van der Waals surface area contributed by atoms with E-state index in [0.29, 0.717) is 37.7 Å². The molecule has 0 heterocycles. The Morgan fingerprint density at radius 1 is 1.50 bits per heavy atom. The van der Waals surface area contributed by atoms with Crippen molar-refractivity contribution in [2.24, 2.45) is 0 Å². The van der Waals surface area contributed by atoms with Crippen LogP contribution in [-0.2, 0) is 19.1 Å². The van der Waals surface area contributed by atoms with E-state index in [0.717, 1.165) is 0 Å². The van der Waals surface area contributed by atoms with Crippen LogP contribution in [0.1, 0.15) is 0 Å². The van der Waals surface area contributed by atoms with E-state index in [2.05, 4.69) is 5.32 Å². The number of carbonyl (C=O) groups is 2. The van der Waals surface area contributed by atoms with Crippen LogP contribution in [0.4, 0.5) is 0 Å². The van der Waals surface area contributed by atoms with Gasteiger partial charge in [-0.05, 0) is 0 Å². The summed E-state index contributed by atoms with van der Waals surface area (Å²) in [6, 6.07) is -0.832. The summed E-state index contributed by atoms with van der Waals surface area (Å²) in [5, 5.41) is 10.9. The summed E-state index contributed by atoms with van der Waals surface area (Å²) in [6.45, 7) is 1.63. The van der Waals surface area contributed by atoms with Crippen molar-refractivity contribution < 1.29 is 24.2 Å². The monoisotopic (exact) mass is 251 g/mol. The molecule has 2 N–H and O–H groups in total. The van der Waals surface area contributed by atoms with Gasteiger partial charge < -0.3 is 19.9 Å². The van der Waals surface area contributed by atoms with E-state index < -0.39 is 12.0 Å². The molecule has 16 heavy (non-hydrogen) atoms. The molecule has 0 bridgehead atoms. The van der Waals surface area contributed by atoms with Crippen molar-refractivity contribution in [3.05, 3.63) is 0 Å². The van der Waals surface area contributed by atoms with Crippen LogP contribution >= 0.6 is 11.8 Å². The highest BCUT2D eigenvalue weighted by Gasteiger charge is 2.15. The second kappa shape index (κ2) is 10.7. The molecule has 0 aromatic heterocycles. The molecular formula is C9H17NO5S. The van der Waals surface area contributed by atoms with Crippen molar-refractivity contribution >= 4 is 24.1 Å². The molecule has 1 unspecified atom stereocenters. The minimum Gasteiger partial charge on any atom is -0.480 e. The van der Waals surface area contributed by atoms with Crippen LogP contribution in [0.2, 0.25) is 0 Å². The molecule has 1 amide bonds. The zero-order valence-corrected chi connectivity index (χ0v) is 10.00. The summed E-state index contributed by atoms with van der Waals surface area (Å²) in [5.41, 5.74) is 0. The van der Waals surface area contributed by atoms with Gasteiger partial charge in [0, 0.05) is 18.6 Å². The minimum absolute atomic E-state index is 0.335. The van der Waals surface area contributed by atoms with Gasteiger partial charge in [-0.25, -0.2) is 4.79 Å². The maximum atomic E-state index is 10.6. The Balaban J connectivity index is 3.40. The number of carbonyl (C=O) groups excluding carboxylic acids is 1. The predicted octanol–water partition coefficient (Wildman–Crippen LogP) is -0.418. The smallest absolute Gasteiger partial charge is 0.327 e. The lowest BCUT2D eigenvalue weighted by atomic mass is 10.3. The van der Waals surface area contributed by atoms with Crippen molar-refractivity contribution in [1.82, 2.24) is 5.32 Å². The normalized spacial score (nSPS) is 12.1. The van der Waals surface area contributed by atoms with Crippen LogP contribution in [0.3, 0.4) is 0 Å². The Hall–Kier alpha value is -0.790. The standard InChI is InChI=1S/C9H17NO5S/c1-14-2-3-15-4-5-16-6-8(9(12)13)10-7-11/h7-8H,2-6H2,1H3,(H,10,11)(H,12,13). The van der Waals surface area contributed by atoms with Crippen molar-refractivity contribution in [2.75, 3.05) is 38.4 Å². The number of thioether (sulfide) groups is 1. The highest BCUT2D eigenvalue weighted by atomic mass is 32.2. The zero-order valence-electron chi connectivity index (χ0n) is 9.18. The number of rotatable bonds is 11. The fourth-order valence-electron chi connectivity index (χ4n) is 0.836. The molecule has 94 valence electrons. The first-order valence-corrected chi connectivity index (χ1v) is 5.94. The first-order valence-electron chi connectivity index (χ1n) is 4.79. The fraction of sp³-hybridized carbons (Fsp3) is 0.778. The van der Waals surface area contributed by atoms with Gasteiger partial charge in [-0.3, -0.25) is 4.79 Å². The molecule has 1 atom stereocenters. The van der Waals surface area contributed by atoms with E-state index in [4.69, 9.17) is 14.6 Å². The highest BCUT2D eigenvalue weighted by molar-refractivity contribution is 7.99. The van der Waals surface area contributed by atoms with Crippen LogP contribution in [0.15, 0.2) is 0 Å². The molecule has 0 fully saturated rings. The quantitative estimate of drug-likeness (QED) is 0.383. The van der Waals surface area contributed by atoms with E-state index in [9.17, 15) is 9.59 Å². The lowest BCUT2D eigenvalue weighted by Crippen LogP contribution is -2.38. The van der Waals surface area contributed by atoms with E-state index in [1.54, 1.807) is 7.11 Å². The van der Waals surface area contributed by atoms with Gasteiger partial charge in [0.25, 0.3) is 0 Å². The largest absolute Gasteiger partial charge is 0.480 e. The summed E-state index contributed by atoms with van der Waals surface area (Å²) < 4.78 is 9.98. The molecule has 0 spiro atoms. The summed E-state index contributed by atoms with van der Waals surface area (Å²) >= 11 is 1.42. The maximum Gasteiger partial charge on any atom is 0.327 e. The summed E-state index contributed by atoms with van der Waals surface area (Å²) in [4.78, 5) is 20.7. The number of carboxylic acids is 1. The molecule has 6 nitrogen and oxygen atoms in total. The molecule has 0 aliphatic carbocycles. The summed E-state index contributed by atoms with van der Waals surface area (Å²) in [7, 11) is 1.60. The number of carboxylic acid groups (broad SMARTS) is 1.